The van der Waals surface area contributed by atoms with E-state index in [1.54, 1.807) is 11.0 Å². The minimum atomic E-state index is -0.106. The molecule has 0 aliphatic carbocycles. The first-order valence-electron chi connectivity index (χ1n) is 7.07. The number of nitrogens with zero attached hydrogens (tertiary/aromatic N) is 2. The zero-order valence-electron chi connectivity index (χ0n) is 12.8. The molecule has 0 bridgehead atoms. The molecular formula is C16H22N2O3. The Morgan fingerprint density at radius 2 is 2.00 bits per heavy atom. The van der Waals surface area contributed by atoms with Gasteiger partial charge in [0, 0.05) is 25.0 Å². The molecule has 1 heterocycles. The van der Waals surface area contributed by atoms with E-state index in [4.69, 9.17) is 4.42 Å². The molecule has 0 saturated heterocycles. The van der Waals surface area contributed by atoms with Gasteiger partial charge in [0.05, 0.1) is 12.2 Å². The van der Waals surface area contributed by atoms with Crippen molar-refractivity contribution in [1.82, 2.24) is 9.80 Å². The first kappa shape index (κ1) is 15.5. The standard InChI is InChI=1S/C16H22N2O3/c1-12-11-13-5-4-6-14(15(13)21-12)16(20)18(9-10-19)8-7-17(2)3/h4-6,11,19H,7-10H2,1-3H3. The summed E-state index contributed by atoms with van der Waals surface area (Å²) in [5.41, 5.74) is 1.17. The fourth-order valence-electron chi connectivity index (χ4n) is 2.29. The summed E-state index contributed by atoms with van der Waals surface area (Å²) >= 11 is 0. The highest BCUT2D eigenvalue weighted by atomic mass is 16.3. The Kier molecular flexibility index (Phi) is 4.98. The molecule has 2 rings (SSSR count). The highest BCUT2D eigenvalue weighted by Gasteiger charge is 2.19. The fraction of sp³-hybridized carbons (Fsp3) is 0.438. The molecule has 21 heavy (non-hydrogen) atoms. The number of aliphatic hydroxyl groups excluding tert-OH is 1. The SMILES string of the molecule is Cc1cc2cccc(C(=O)N(CCO)CCN(C)C)c2o1. The van der Waals surface area contributed by atoms with Gasteiger partial charge in [0.15, 0.2) is 0 Å². The third-order valence-electron chi connectivity index (χ3n) is 3.37. The molecule has 1 N–H and O–H groups in total. The van der Waals surface area contributed by atoms with Crippen LogP contribution in [0.25, 0.3) is 11.0 Å². The largest absolute Gasteiger partial charge is 0.461 e. The first-order chi connectivity index (χ1) is 10.0. The lowest BCUT2D eigenvalue weighted by atomic mass is 10.1. The van der Waals surface area contributed by atoms with Crippen LogP contribution in [0, 0.1) is 6.92 Å². The van der Waals surface area contributed by atoms with Gasteiger partial charge in [0.1, 0.15) is 11.3 Å². The van der Waals surface area contributed by atoms with Crippen LogP contribution >= 0.6 is 0 Å². The smallest absolute Gasteiger partial charge is 0.257 e. The summed E-state index contributed by atoms with van der Waals surface area (Å²) in [6, 6.07) is 7.47. The van der Waals surface area contributed by atoms with E-state index < -0.39 is 0 Å². The Morgan fingerprint density at radius 1 is 1.24 bits per heavy atom. The first-order valence-corrected chi connectivity index (χ1v) is 7.07. The predicted octanol–water partition coefficient (Wildman–Crippen LogP) is 1.74. The van der Waals surface area contributed by atoms with Gasteiger partial charge in [-0.2, -0.15) is 0 Å². The van der Waals surface area contributed by atoms with E-state index in [-0.39, 0.29) is 12.5 Å². The molecule has 0 atom stereocenters. The molecule has 0 fully saturated rings. The molecule has 1 aromatic carbocycles. The second-order valence-corrected chi connectivity index (χ2v) is 5.40. The van der Waals surface area contributed by atoms with Gasteiger partial charge in [0.2, 0.25) is 0 Å². The second-order valence-electron chi connectivity index (χ2n) is 5.40. The van der Waals surface area contributed by atoms with Crippen molar-refractivity contribution in [2.75, 3.05) is 40.3 Å². The number of fused-ring (bicyclic) bond motifs is 1. The van der Waals surface area contributed by atoms with Crippen molar-refractivity contribution >= 4 is 16.9 Å². The normalized spacial score (nSPS) is 11.3. The van der Waals surface area contributed by atoms with Gasteiger partial charge in [-0.05, 0) is 33.2 Å². The van der Waals surface area contributed by atoms with Crippen molar-refractivity contribution in [3.05, 3.63) is 35.6 Å². The van der Waals surface area contributed by atoms with Crippen LogP contribution in [0.1, 0.15) is 16.1 Å². The van der Waals surface area contributed by atoms with Crippen LogP contribution in [0.2, 0.25) is 0 Å². The monoisotopic (exact) mass is 290 g/mol. The average molecular weight is 290 g/mol. The second kappa shape index (κ2) is 6.74. The van der Waals surface area contributed by atoms with Crippen molar-refractivity contribution in [3.63, 3.8) is 0 Å². The summed E-state index contributed by atoms with van der Waals surface area (Å²) in [5, 5.41) is 10.1. The van der Waals surface area contributed by atoms with Crippen LogP contribution in [0.4, 0.5) is 0 Å². The molecule has 0 spiro atoms. The molecule has 1 aromatic heterocycles. The number of hydrogen-bond acceptors (Lipinski definition) is 4. The minimum Gasteiger partial charge on any atom is -0.461 e. The van der Waals surface area contributed by atoms with Crippen LogP contribution in [0.3, 0.4) is 0 Å². The third-order valence-corrected chi connectivity index (χ3v) is 3.37. The van der Waals surface area contributed by atoms with Crippen molar-refractivity contribution in [1.29, 1.82) is 0 Å². The number of aryl methyl sites for hydroxylation is 1. The maximum Gasteiger partial charge on any atom is 0.257 e. The van der Waals surface area contributed by atoms with Crippen molar-refractivity contribution in [3.8, 4) is 0 Å². The van der Waals surface area contributed by atoms with Crippen LogP contribution < -0.4 is 0 Å². The molecule has 114 valence electrons. The molecule has 2 aromatic rings. The Balaban J connectivity index is 2.29. The van der Waals surface area contributed by atoms with Crippen molar-refractivity contribution < 1.29 is 14.3 Å². The Bertz CT molecular complexity index is 619. The van der Waals surface area contributed by atoms with Gasteiger partial charge in [-0.25, -0.2) is 0 Å². The van der Waals surface area contributed by atoms with Gasteiger partial charge in [0.25, 0.3) is 5.91 Å². The average Bonchev–Trinajstić information content (AvgIpc) is 2.82. The molecule has 0 aliphatic rings. The van der Waals surface area contributed by atoms with E-state index in [9.17, 15) is 9.90 Å². The van der Waals surface area contributed by atoms with E-state index >= 15 is 0 Å². The van der Waals surface area contributed by atoms with Gasteiger partial charge in [-0.15, -0.1) is 0 Å². The number of rotatable bonds is 6. The van der Waals surface area contributed by atoms with Crippen LogP contribution in [0.5, 0.6) is 0 Å². The predicted molar refractivity (Wildman–Crippen MR) is 82.5 cm³/mol. The highest BCUT2D eigenvalue weighted by Crippen LogP contribution is 2.23. The number of benzene rings is 1. The van der Waals surface area contributed by atoms with Crippen molar-refractivity contribution in [2.24, 2.45) is 0 Å². The van der Waals surface area contributed by atoms with Crippen molar-refractivity contribution in [2.45, 2.75) is 6.92 Å². The number of furan rings is 1. The van der Waals surface area contributed by atoms with Crippen LogP contribution in [-0.2, 0) is 0 Å². The minimum absolute atomic E-state index is 0.0493. The van der Waals surface area contributed by atoms with E-state index in [1.807, 2.05) is 44.1 Å². The maximum absolute atomic E-state index is 12.7. The number of aliphatic hydroxyl groups is 1. The lowest BCUT2D eigenvalue weighted by Crippen LogP contribution is -2.38. The molecule has 0 unspecified atom stereocenters. The summed E-state index contributed by atoms with van der Waals surface area (Å²) < 4.78 is 5.65. The van der Waals surface area contributed by atoms with Gasteiger partial charge in [-0.1, -0.05) is 12.1 Å². The Morgan fingerprint density at radius 3 is 2.67 bits per heavy atom. The topological polar surface area (TPSA) is 56.9 Å². The van der Waals surface area contributed by atoms with E-state index in [0.29, 0.717) is 24.2 Å². The summed E-state index contributed by atoms with van der Waals surface area (Å²) in [4.78, 5) is 16.4. The van der Waals surface area contributed by atoms with Crippen LogP contribution in [0.15, 0.2) is 28.7 Å². The lowest BCUT2D eigenvalue weighted by molar-refractivity contribution is 0.0711. The Hall–Kier alpha value is -1.85. The summed E-state index contributed by atoms with van der Waals surface area (Å²) in [7, 11) is 3.91. The number of carbonyl (C=O) groups excluding carboxylic acids is 1. The number of carbonyl (C=O) groups is 1. The van der Waals surface area contributed by atoms with Crippen LogP contribution in [-0.4, -0.2) is 61.2 Å². The third kappa shape index (κ3) is 3.62. The zero-order valence-corrected chi connectivity index (χ0v) is 12.8. The van der Waals surface area contributed by atoms with Gasteiger partial charge >= 0.3 is 0 Å². The number of hydrogen-bond donors (Lipinski definition) is 1. The molecule has 0 radical (unpaired) electrons. The molecule has 5 heteroatoms. The molecule has 5 nitrogen and oxygen atoms in total. The molecule has 0 saturated carbocycles. The van der Waals surface area contributed by atoms with Gasteiger partial charge in [-0.3, -0.25) is 4.79 Å². The number of amides is 1. The molecular weight excluding hydrogens is 268 g/mol. The van der Waals surface area contributed by atoms with Gasteiger partial charge < -0.3 is 19.3 Å². The molecule has 1 amide bonds. The quantitative estimate of drug-likeness (QED) is 0.880. The highest BCUT2D eigenvalue weighted by molar-refractivity contribution is 6.05. The van der Waals surface area contributed by atoms with E-state index in [0.717, 1.165) is 17.7 Å². The maximum atomic E-state index is 12.7. The number of para-hydroxylation sites is 1. The number of likely N-dealkylation sites (N-methyl/N-ethyl adjacent to an activating group) is 1. The summed E-state index contributed by atoms with van der Waals surface area (Å²) in [6.07, 6.45) is 0. The lowest BCUT2D eigenvalue weighted by Gasteiger charge is -2.23. The fourth-order valence-corrected chi connectivity index (χ4v) is 2.29. The van der Waals surface area contributed by atoms with E-state index in [2.05, 4.69) is 0 Å². The summed E-state index contributed by atoms with van der Waals surface area (Å²) in [5.74, 6) is 0.679. The summed E-state index contributed by atoms with van der Waals surface area (Å²) in [6.45, 7) is 3.46. The Labute approximate surface area is 124 Å². The molecule has 0 aliphatic heterocycles. The van der Waals surface area contributed by atoms with E-state index in [1.165, 1.54) is 0 Å². The zero-order chi connectivity index (χ0) is 15.4.